The molecule has 2 aromatic rings. The Morgan fingerprint density at radius 1 is 1.11 bits per heavy atom. The molecule has 0 atom stereocenters. The van der Waals surface area contributed by atoms with Gasteiger partial charge in [0, 0.05) is 17.8 Å². The van der Waals surface area contributed by atoms with Gasteiger partial charge in [-0.3, -0.25) is 19.7 Å². The number of amides is 1. The minimum absolute atomic E-state index is 0.0920. The summed E-state index contributed by atoms with van der Waals surface area (Å²) in [5.41, 5.74) is 0.113. The SMILES string of the molecule is O=C(COC(=O)C1(c2ccc(F)cc2)CCC1)Nc1ccc([N+](=O)[O-])cc1. The highest BCUT2D eigenvalue weighted by Crippen LogP contribution is 2.44. The lowest BCUT2D eigenvalue weighted by Crippen LogP contribution is -2.44. The van der Waals surface area contributed by atoms with Gasteiger partial charge in [0.15, 0.2) is 6.61 Å². The predicted octanol–water partition coefficient (Wildman–Crippen LogP) is 3.34. The van der Waals surface area contributed by atoms with Crippen molar-refractivity contribution in [3.63, 3.8) is 0 Å². The van der Waals surface area contributed by atoms with Crippen LogP contribution in [0, 0.1) is 15.9 Å². The predicted molar refractivity (Wildman–Crippen MR) is 94.6 cm³/mol. The Balaban J connectivity index is 1.58. The van der Waals surface area contributed by atoms with Gasteiger partial charge in [-0.2, -0.15) is 0 Å². The second kappa shape index (κ2) is 7.53. The maximum atomic E-state index is 13.1. The van der Waals surface area contributed by atoms with E-state index in [1.54, 1.807) is 12.1 Å². The summed E-state index contributed by atoms with van der Waals surface area (Å²) in [5.74, 6) is -1.45. The van der Waals surface area contributed by atoms with Gasteiger partial charge in [0.2, 0.25) is 0 Å². The van der Waals surface area contributed by atoms with Crippen molar-refractivity contribution in [1.82, 2.24) is 0 Å². The van der Waals surface area contributed by atoms with Crippen LogP contribution in [0.25, 0.3) is 0 Å². The average Bonchev–Trinajstić information content (AvgIpc) is 2.61. The summed E-state index contributed by atoms with van der Waals surface area (Å²) in [6.07, 6.45) is 2.02. The van der Waals surface area contributed by atoms with Gasteiger partial charge in [0.1, 0.15) is 5.82 Å². The number of anilines is 1. The van der Waals surface area contributed by atoms with Crippen LogP contribution in [-0.4, -0.2) is 23.4 Å². The summed E-state index contributed by atoms with van der Waals surface area (Å²) in [4.78, 5) is 34.6. The number of nitrogens with zero attached hydrogens (tertiary/aromatic N) is 1. The Morgan fingerprint density at radius 3 is 2.26 bits per heavy atom. The number of halogens is 1. The highest BCUT2D eigenvalue weighted by Gasteiger charge is 2.47. The Bertz CT molecular complexity index is 861. The molecule has 1 N–H and O–H groups in total. The fourth-order valence-electron chi connectivity index (χ4n) is 3.04. The molecular weight excluding hydrogens is 355 g/mol. The number of nitro groups is 1. The fraction of sp³-hybridized carbons (Fsp3) is 0.263. The zero-order chi connectivity index (χ0) is 19.4. The molecule has 0 radical (unpaired) electrons. The van der Waals surface area contributed by atoms with Crippen molar-refractivity contribution in [2.24, 2.45) is 0 Å². The van der Waals surface area contributed by atoms with Crippen LogP contribution in [0.1, 0.15) is 24.8 Å². The lowest BCUT2D eigenvalue weighted by atomic mass is 9.64. The molecule has 140 valence electrons. The van der Waals surface area contributed by atoms with Gasteiger partial charge < -0.3 is 10.1 Å². The van der Waals surface area contributed by atoms with Crippen LogP contribution >= 0.6 is 0 Å². The molecule has 1 saturated carbocycles. The first-order valence-corrected chi connectivity index (χ1v) is 8.38. The molecule has 1 aliphatic rings. The molecule has 0 spiro atoms. The van der Waals surface area contributed by atoms with Crippen molar-refractivity contribution in [3.05, 3.63) is 70.0 Å². The summed E-state index contributed by atoms with van der Waals surface area (Å²) in [5, 5.41) is 13.1. The van der Waals surface area contributed by atoms with E-state index in [0.29, 0.717) is 24.1 Å². The first-order valence-electron chi connectivity index (χ1n) is 8.38. The number of carbonyl (C=O) groups excluding carboxylic acids is 2. The zero-order valence-corrected chi connectivity index (χ0v) is 14.3. The number of carbonyl (C=O) groups is 2. The van der Waals surface area contributed by atoms with E-state index < -0.39 is 28.8 Å². The highest BCUT2D eigenvalue weighted by atomic mass is 19.1. The molecule has 0 heterocycles. The van der Waals surface area contributed by atoms with E-state index in [-0.39, 0.29) is 11.5 Å². The average molecular weight is 372 g/mol. The van der Waals surface area contributed by atoms with Crippen molar-refractivity contribution in [2.45, 2.75) is 24.7 Å². The van der Waals surface area contributed by atoms with Gasteiger partial charge >= 0.3 is 5.97 Å². The maximum Gasteiger partial charge on any atom is 0.317 e. The van der Waals surface area contributed by atoms with Crippen LogP contribution in [0.4, 0.5) is 15.8 Å². The summed E-state index contributed by atoms with van der Waals surface area (Å²) < 4.78 is 18.3. The van der Waals surface area contributed by atoms with Crippen molar-refractivity contribution < 1.29 is 23.6 Å². The van der Waals surface area contributed by atoms with Gasteiger partial charge in [-0.15, -0.1) is 0 Å². The number of non-ortho nitro benzene ring substituents is 1. The second-order valence-electron chi connectivity index (χ2n) is 6.37. The summed E-state index contributed by atoms with van der Waals surface area (Å²) in [6.45, 7) is -0.473. The Labute approximate surface area is 154 Å². The van der Waals surface area contributed by atoms with Crippen LogP contribution in [0.2, 0.25) is 0 Å². The maximum absolute atomic E-state index is 13.1. The van der Waals surface area contributed by atoms with Gasteiger partial charge in [-0.25, -0.2) is 4.39 Å². The molecule has 2 aromatic carbocycles. The molecule has 3 rings (SSSR count). The van der Waals surface area contributed by atoms with E-state index in [1.807, 2.05) is 0 Å². The number of ether oxygens (including phenoxy) is 1. The molecule has 1 aliphatic carbocycles. The molecule has 0 aliphatic heterocycles. The molecule has 1 fully saturated rings. The van der Waals surface area contributed by atoms with E-state index >= 15 is 0 Å². The molecule has 0 unspecified atom stereocenters. The van der Waals surface area contributed by atoms with Crippen molar-refractivity contribution in [1.29, 1.82) is 0 Å². The number of nitrogens with one attached hydrogen (secondary N) is 1. The second-order valence-corrected chi connectivity index (χ2v) is 6.37. The topological polar surface area (TPSA) is 98.5 Å². The molecule has 1 amide bonds. The first-order chi connectivity index (χ1) is 12.9. The number of esters is 1. The monoisotopic (exact) mass is 372 g/mol. The van der Waals surface area contributed by atoms with E-state index in [1.165, 1.54) is 36.4 Å². The smallest absolute Gasteiger partial charge is 0.317 e. The Kier molecular flexibility index (Phi) is 5.16. The Hall–Kier alpha value is -3.29. The number of benzene rings is 2. The van der Waals surface area contributed by atoms with Gasteiger partial charge in [0.25, 0.3) is 11.6 Å². The van der Waals surface area contributed by atoms with Crippen LogP contribution in [-0.2, 0) is 19.7 Å². The zero-order valence-electron chi connectivity index (χ0n) is 14.3. The first kappa shape index (κ1) is 18.5. The van der Waals surface area contributed by atoms with Crippen LogP contribution in [0.5, 0.6) is 0 Å². The highest BCUT2D eigenvalue weighted by molar-refractivity contribution is 5.94. The molecule has 27 heavy (non-hydrogen) atoms. The number of rotatable bonds is 6. The molecule has 0 saturated heterocycles. The lowest BCUT2D eigenvalue weighted by molar-refractivity contribution is -0.384. The molecule has 7 nitrogen and oxygen atoms in total. The van der Waals surface area contributed by atoms with Gasteiger partial charge in [0.05, 0.1) is 10.3 Å². The number of hydrogen-bond donors (Lipinski definition) is 1. The minimum atomic E-state index is -0.832. The van der Waals surface area contributed by atoms with E-state index in [9.17, 15) is 24.1 Å². The van der Waals surface area contributed by atoms with Crippen molar-refractivity contribution in [2.75, 3.05) is 11.9 Å². The van der Waals surface area contributed by atoms with Crippen LogP contribution < -0.4 is 5.32 Å². The molecular formula is C19H17FN2O5. The number of hydrogen-bond acceptors (Lipinski definition) is 5. The fourth-order valence-corrected chi connectivity index (χ4v) is 3.04. The van der Waals surface area contributed by atoms with Crippen LogP contribution in [0.3, 0.4) is 0 Å². The normalized spacial score (nSPS) is 14.7. The molecule has 8 heteroatoms. The van der Waals surface area contributed by atoms with Crippen molar-refractivity contribution >= 4 is 23.3 Å². The molecule has 0 aromatic heterocycles. The van der Waals surface area contributed by atoms with E-state index in [4.69, 9.17) is 4.74 Å². The third-order valence-electron chi connectivity index (χ3n) is 4.69. The quantitative estimate of drug-likeness (QED) is 0.476. The largest absolute Gasteiger partial charge is 0.455 e. The summed E-state index contributed by atoms with van der Waals surface area (Å²) in [7, 11) is 0. The van der Waals surface area contributed by atoms with E-state index in [0.717, 1.165) is 6.42 Å². The van der Waals surface area contributed by atoms with Gasteiger partial charge in [-0.1, -0.05) is 18.6 Å². The summed E-state index contributed by atoms with van der Waals surface area (Å²) in [6, 6.07) is 11.0. The third kappa shape index (κ3) is 3.94. The number of nitro benzene ring substituents is 1. The van der Waals surface area contributed by atoms with Crippen LogP contribution in [0.15, 0.2) is 48.5 Å². The summed E-state index contributed by atoms with van der Waals surface area (Å²) >= 11 is 0. The van der Waals surface area contributed by atoms with Gasteiger partial charge in [-0.05, 0) is 42.7 Å². The van der Waals surface area contributed by atoms with E-state index in [2.05, 4.69) is 5.32 Å². The third-order valence-corrected chi connectivity index (χ3v) is 4.69. The Morgan fingerprint density at radius 2 is 1.74 bits per heavy atom. The standard InChI is InChI=1S/C19H17FN2O5/c20-14-4-2-13(3-5-14)19(10-1-11-19)18(24)27-12-17(23)21-15-6-8-16(9-7-15)22(25)26/h2-9H,1,10-12H2,(H,21,23). The van der Waals surface area contributed by atoms with Crippen molar-refractivity contribution in [3.8, 4) is 0 Å². The minimum Gasteiger partial charge on any atom is -0.455 e. The lowest BCUT2D eigenvalue weighted by Gasteiger charge is -2.39. The molecule has 0 bridgehead atoms.